The second-order valence-electron chi connectivity index (χ2n) is 2.92. The summed E-state index contributed by atoms with van der Waals surface area (Å²) in [6, 6.07) is 0. The van der Waals surface area contributed by atoms with E-state index in [1.54, 1.807) is 13.1 Å². The molecule has 1 aromatic heterocycles. The highest BCUT2D eigenvalue weighted by molar-refractivity contribution is 4.99. The quantitative estimate of drug-likeness (QED) is 0.672. The SMILES string of the molecule is Cc1cnc(=O)n(C[C@H](C)O)c1. The molecule has 0 amide bonds. The average Bonchev–Trinajstić information content (AvgIpc) is 1.96. The molecule has 0 aromatic carbocycles. The maximum Gasteiger partial charge on any atom is 0.347 e. The van der Waals surface area contributed by atoms with Crippen molar-refractivity contribution in [2.75, 3.05) is 0 Å². The summed E-state index contributed by atoms with van der Waals surface area (Å²) in [6.07, 6.45) is 2.68. The zero-order valence-corrected chi connectivity index (χ0v) is 7.19. The van der Waals surface area contributed by atoms with Gasteiger partial charge in [-0.15, -0.1) is 0 Å². The van der Waals surface area contributed by atoms with E-state index in [4.69, 9.17) is 5.11 Å². The minimum absolute atomic E-state index is 0.299. The van der Waals surface area contributed by atoms with Crippen LogP contribution in [0.4, 0.5) is 0 Å². The molecule has 0 radical (unpaired) electrons. The van der Waals surface area contributed by atoms with Gasteiger partial charge in [0, 0.05) is 12.4 Å². The largest absolute Gasteiger partial charge is 0.392 e. The molecule has 1 N–H and O–H groups in total. The Balaban J connectivity index is 2.98. The molecular weight excluding hydrogens is 156 g/mol. The summed E-state index contributed by atoms with van der Waals surface area (Å²) in [7, 11) is 0. The van der Waals surface area contributed by atoms with Gasteiger partial charge in [-0.1, -0.05) is 0 Å². The van der Waals surface area contributed by atoms with Crippen LogP contribution in [-0.2, 0) is 6.54 Å². The number of hydrogen-bond donors (Lipinski definition) is 1. The molecule has 1 aromatic rings. The van der Waals surface area contributed by atoms with Crippen LogP contribution >= 0.6 is 0 Å². The van der Waals surface area contributed by atoms with Gasteiger partial charge in [0.25, 0.3) is 0 Å². The number of nitrogens with zero attached hydrogens (tertiary/aromatic N) is 2. The molecule has 1 rings (SSSR count). The van der Waals surface area contributed by atoms with E-state index in [-0.39, 0.29) is 5.69 Å². The molecular formula is C8H12N2O2. The number of aliphatic hydroxyl groups excluding tert-OH is 1. The summed E-state index contributed by atoms with van der Waals surface area (Å²) in [6.45, 7) is 3.78. The Hall–Kier alpha value is -1.16. The minimum Gasteiger partial charge on any atom is -0.392 e. The normalized spacial score (nSPS) is 12.9. The third kappa shape index (κ3) is 2.17. The molecule has 1 heterocycles. The van der Waals surface area contributed by atoms with E-state index in [0.29, 0.717) is 6.54 Å². The van der Waals surface area contributed by atoms with Crippen molar-refractivity contribution >= 4 is 0 Å². The number of hydrogen-bond acceptors (Lipinski definition) is 3. The van der Waals surface area contributed by atoms with Crippen LogP contribution in [0.5, 0.6) is 0 Å². The van der Waals surface area contributed by atoms with Crippen LogP contribution < -0.4 is 5.69 Å². The second-order valence-corrected chi connectivity index (χ2v) is 2.92. The summed E-state index contributed by atoms with van der Waals surface area (Å²) in [5, 5.41) is 9.03. The number of aryl methyl sites for hydroxylation is 1. The summed E-state index contributed by atoms with van der Waals surface area (Å²) in [5.74, 6) is 0. The van der Waals surface area contributed by atoms with Gasteiger partial charge >= 0.3 is 5.69 Å². The predicted molar refractivity (Wildman–Crippen MR) is 44.9 cm³/mol. The van der Waals surface area contributed by atoms with E-state index in [1.807, 2.05) is 6.92 Å². The zero-order valence-electron chi connectivity index (χ0n) is 7.19. The first-order valence-corrected chi connectivity index (χ1v) is 3.81. The van der Waals surface area contributed by atoms with Gasteiger partial charge in [0.15, 0.2) is 0 Å². The Morgan fingerprint density at radius 3 is 3.00 bits per heavy atom. The first-order valence-electron chi connectivity index (χ1n) is 3.81. The van der Waals surface area contributed by atoms with Gasteiger partial charge in [-0.3, -0.25) is 4.57 Å². The molecule has 0 saturated heterocycles. The van der Waals surface area contributed by atoms with Crippen LogP contribution in [-0.4, -0.2) is 20.8 Å². The van der Waals surface area contributed by atoms with Crippen LogP contribution in [0.3, 0.4) is 0 Å². The summed E-state index contributed by atoms with van der Waals surface area (Å²) >= 11 is 0. The van der Waals surface area contributed by atoms with E-state index >= 15 is 0 Å². The van der Waals surface area contributed by atoms with Gasteiger partial charge in [-0.25, -0.2) is 9.78 Å². The lowest BCUT2D eigenvalue weighted by molar-refractivity contribution is 0.171. The Morgan fingerprint density at radius 1 is 1.75 bits per heavy atom. The van der Waals surface area contributed by atoms with Gasteiger partial charge in [-0.2, -0.15) is 0 Å². The van der Waals surface area contributed by atoms with Crippen molar-refractivity contribution in [3.8, 4) is 0 Å². The van der Waals surface area contributed by atoms with Crippen molar-refractivity contribution < 1.29 is 5.11 Å². The van der Waals surface area contributed by atoms with Crippen LogP contribution in [0, 0.1) is 6.92 Å². The number of aliphatic hydroxyl groups is 1. The number of rotatable bonds is 2. The van der Waals surface area contributed by atoms with Gasteiger partial charge in [0.2, 0.25) is 0 Å². The molecule has 4 nitrogen and oxygen atoms in total. The highest BCUT2D eigenvalue weighted by atomic mass is 16.3. The summed E-state index contributed by atoms with van der Waals surface area (Å²) in [4.78, 5) is 14.7. The molecule has 0 bridgehead atoms. The highest BCUT2D eigenvalue weighted by Crippen LogP contribution is 1.91. The van der Waals surface area contributed by atoms with Crippen LogP contribution in [0.25, 0.3) is 0 Å². The Labute approximate surface area is 70.5 Å². The highest BCUT2D eigenvalue weighted by Gasteiger charge is 2.00. The molecule has 1 atom stereocenters. The first-order chi connectivity index (χ1) is 5.59. The summed E-state index contributed by atoms with van der Waals surface area (Å²) < 4.78 is 1.40. The third-order valence-corrected chi connectivity index (χ3v) is 1.44. The lowest BCUT2D eigenvalue weighted by Gasteiger charge is -2.06. The minimum atomic E-state index is -0.522. The van der Waals surface area contributed by atoms with Crippen LogP contribution in [0.1, 0.15) is 12.5 Å². The van der Waals surface area contributed by atoms with Crippen molar-refractivity contribution in [1.82, 2.24) is 9.55 Å². The molecule has 4 heteroatoms. The molecule has 0 unspecified atom stereocenters. The molecule has 0 spiro atoms. The van der Waals surface area contributed by atoms with Crippen molar-refractivity contribution in [3.05, 3.63) is 28.4 Å². The second kappa shape index (κ2) is 3.49. The maximum atomic E-state index is 11.0. The monoisotopic (exact) mass is 168 g/mol. The Kier molecular flexibility index (Phi) is 2.60. The number of aromatic nitrogens is 2. The fourth-order valence-corrected chi connectivity index (χ4v) is 0.981. The van der Waals surface area contributed by atoms with Gasteiger partial charge in [0.05, 0.1) is 12.6 Å². The van der Waals surface area contributed by atoms with E-state index in [0.717, 1.165) is 5.56 Å². The van der Waals surface area contributed by atoms with Crippen molar-refractivity contribution in [3.63, 3.8) is 0 Å². The smallest absolute Gasteiger partial charge is 0.347 e. The van der Waals surface area contributed by atoms with Crippen LogP contribution in [0.2, 0.25) is 0 Å². The predicted octanol–water partition coefficient (Wildman–Crippen LogP) is -0.0675. The van der Waals surface area contributed by atoms with E-state index in [9.17, 15) is 4.79 Å². The third-order valence-electron chi connectivity index (χ3n) is 1.44. The van der Waals surface area contributed by atoms with Crippen molar-refractivity contribution in [1.29, 1.82) is 0 Å². The van der Waals surface area contributed by atoms with Crippen molar-refractivity contribution in [2.45, 2.75) is 26.5 Å². The molecule has 0 fully saturated rings. The molecule has 0 aliphatic carbocycles. The van der Waals surface area contributed by atoms with E-state index in [1.165, 1.54) is 10.8 Å². The fourth-order valence-electron chi connectivity index (χ4n) is 0.981. The fraction of sp³-hybridized carbons (Fsp3) is 0.500. The zero-order chi connectivity index (χ0) is 9.14. The molecule has 12 heavy (non-hydrogen) atoms. The average molecular weight is 168 g/mol. The molecule has 0 aliphatic rings. The Morgan fingerprint density at radius 2 is 2.42 bits per heavy atom. The first kappa shape index (κ1) is 8.93. The van der Waals surface area contributed by atoms with Crippen LogP contribution in [0.15, 0.2) is 17.2 Å². The maximum absolute atomic E-state index is 11.0. The van der Waals surface area contributed by atoms with E-state index in [2.05, 4.69) is 4.98 Å². The molecule has 0 aliphatic heterocycles. The van der Waals surface area contributed by atoms with Gasteiger partial charge in [-0.05, 0) is 19.4 Å². The summed E-state index contributed by atoms with van der Waals surface area (Å²) in [5.41, 5.74) is 0.594. The van der Waals surface area contributed by atoms with Gasteiger partial charge < -0.3 is 5.11 Å². The topological polar surface area (TPSA) is 55.1 Å². The van der Waals surface area contributed by atoms with Crippen molar-refractivity contribution in [2.24, 2.45) is 0 Å². The standard InChI is InChI=1S/C8H12N2O2/c1-6-3-9-8(12)10(4-6)5-7(2)11/h3-4,7,11H,5H2,1-2H3/t7-/m0/s1. The molecule has 66 valence electrons. The molecule has 0 saturated carbocycles. The lowest BCUT2D eigenvalue weighted by atomic mass is 10.3. The van der Waals surface area contributed by atoms with E-state index < -0.39 is 6.10 Å². The Bertz CT molecular complexity index is 317. The lowest BCUT2D eigenvalue weighted by Crippen LogP contribution is -2.26. The van der Waals surface area contributed by atoms with Gasteiger partial charge in [0.1, 0.15) is 0 Å².